The highest BCUT2D eigenvalue weighted by molar-refractivity contribution is 5.38. The zero-order valence-corrected chi connectivity index (χ0v) is 14.1. The van der Waals surface area contributed by atoms with Gasteiger partial charge in [-0.2, -0.15) is 0 Å². The third kappa shape index (κ3) is 6.06. The molecular formula is C18H31NO2. The lowest BCUT2D eigenvalue weighted by Crippen LogP contribution is -2.31. The summed E-state index contributed by atoms with van der Waals surface area (Å²) in [6.45, 7) is 9.25. The third-order valence-electron chi connectivity index (χ3n) is 3.83. The van der Waals surface area contributed by atoms with Crippen LogP contribution in [0, 0.1) is 6.92 Å². The predicted octanol–water partition coefficient (Wildman–Crippen LogP) is 3.94. The topological polar surface area (TPSA) is 32.7 Å². The molecule has 3 nitrogen and oxygen atoms in total. The van der Waals surface area contributed by atoms with Crippen LogP contribution in [0.5, 0.6) is 5.75 Å². The maximum absolute atomic E-state index is 10.6. The van der Waals surface area contributed by atoms with Gasteiger partial charge in [0.15, 0.2) is 0 Å². The van der Waals surface area contributed by atoms with Gasteiger partial charge in [-0.25, -0.2) is 0 Å². The molecule has 0 aliphatic heterocycles. The lowest BCUT2D eigenvalue weighted by atomic mass is 10.0. The van der Waals surface area contributed by atoms with Crippen molar-refractivity contribution in [2.75, 3.05) is 26.7 Å². The molecule has 0 fully saturated rings. The maximum Gasteiger partial charge on any atom is 0.124 e. The average Bonchev–Trinajstić information content (AvgIpc) is 2.49. The minimum absolute atomic E-state index is 0.492. The van der Waals surface area contributed by atoms with Gasteiger partial charge in [0, 0.05) is 12.1 Å². The minimum Gasteiger partial charge on any atom is -0.496 e. The predicted molar refractivity (Wildman–Crippen MR) is 88.9 cm³/mol. The highest BCUT2D eigenvalue weighted by Gasteiger charge is 2.17. The summed E-state index contributed by atoms with van der Waals surface area (Å²) in [4.78, 5) is 2.37. The van der Waals surface area contributed by atoms with Crippen molar-refractivity contribution in [1.29, 1.82) is 0 Å². The first kappa shape index (κ1) is 18.0. The molecule has 0 bridgehead atoms. The zero-order chi connectivity index (χ0) is 15.7. The van der Waals surface area contributed by atoms with Gasteiger partial charge in [-0.1, -0.05) is 38.3 Å². The van der Waals surface area contributed by atoms with Crippen LogP contribution in [0.1, 0.15) is 56.8 Å². The third-order valence-corrected chi connectivity index (χ3v) is 3.83. The molecule has 1 atom stereocenters. The van der Waals surface area contributed by atoms with Crippen molar-refractivity contribution >= 4 is 0 Å². The molecule has 0 aromatic heterocycles. The van der Waals surface area contributed by atoms with Gasteiger partial charge in [0.05, 0.1) is 13.2 Å². The molecule has 1 N–H and O–H groups in total. The summed E-state index contributed by atoms with van der Waals surface area (Å²) in [7, 11) is 1.66. The Hall–Kier alpha value is -1.06. The Labute approximate surface area is 129 Å². The van der Waals surface area contributed by atoms with Gasteiger partial charge in [-0.3, -0.25) is 0 Å². The number of ether oxygens (including phenoxy) is 1. The van der Waals surface area contributed by atoms with Gasteiger partial charge < -0.3 is 14.7 Å². The average molecular weight is 293 g/mol. The highest BCUT2D eigenvalue weighted by Crippen LogP contribution is 2.27. The molecule has 1 rings (SSSR count). The monoisotopic (exact) mass is 293 g/mol. The van der Waals surface area contributed by atoms with Crippen molar-refractivity contribution in [3.05, 3.63) is 29.3 Å². The summed E-state index contributed by atoms with van der Waals surface area (Å²) in [5.74, 6) is 0.777. The Bertz CT molecular complexity index is 398. The number of aliphatic hydroxyl groups excluding tert-OH is 1. The van der Waals surface area contributed by atoms with Crippen LogP contribution in [0.2, 0.25) is 0 Å². The fraction of sp³-hybridized carbons (Fsp3) is 0.667. The van der Waals surface area contributed by atoms with E-state index in [1.807, 2.05) is 25.1 Å². The van der Waals surface area contributed by atoms with E-state index < -0.39 is 6.10 Å². The molecular weight excluding hydrogens is 262 g/mol. The number of aryl methyl sites for hydroxylation is 1. The molecule has 0 amide bonds. The van der Waals surface area contributed by atoms with Crippen LogP contribution in [-0.4, -0.2) is 36.8 Å². The molecule has 0 saturated heterocycles. The molecule has 1 aromatic carbocycles. The fourth-order valence-electron chi connectivity index (χ4n) is 2.51. The number of unbranched alkanes of at least 4 members (excludes halogenated alkanes) is 2. The van der Waals surface area contributed by atoms with E-state index in [9.17, 15) is 5.11 Å². The van der Waals surface area contributed by atoms with E-state index in [0.29, 0.717) is 6.54 Å². The number of rotatable bonds is 10. The molecule has 1 unspecified atom stereocenters. The van der Waals surface area contributed by atoms with Crippen LogP contribution in [-0.2, 0) is 0 Å². The quantitative estimate of drug-likeness (QED) is 0.709. The molecule has 120 valence electrons. The van der Waals surface area contributed by atoms with E-state index >= 15 is 0 Å². The van der Waals surface area contributed by atoms with Crippen molar-refractivity contribution in [1.82, 2.24) is 4.90 Å². The van der Waals surface area contributed by atoms with Crippen molar-refractivity contribution in [3.8, 4) is 5.75 Å². The van der Waals surface area contributed by atoms with Crippen LogP contribution in [0.3, 0.4) is 0 Å². The van der Waals surface area contributed by atoms with E-state index in [0.717, 1.165) is 30.0 Å². The number of aliphatic hydroxyl groups is 1. The van der Waals surface area contributed by atoms with Gasteiger partial charge in [0.1, 0.15) is 5.75 Å². The lowest BCUT2D eigenvalue weighted by Gasteiger charge is -2.26. The number of methoxy groups -OCH3 is 1. The summed E-state index contributed by atoms with van der Waals surface area (Å²) >= 11 is 0. The number of hydrogen-bond acceptors (Lipinski definition) is 3. The van der Waals surface area contributed by atoms with E-state index in [1.54, 1.807) is 7.11 Å². The van der Waals surface area contributed by atoms with Crippen LogP contribution in [0.4, 0.5) is 0 Å². The molecule has 0 spiro atoms. The Morgan fingerprint density at radius 2 is 1.76 bits per heavy atom. The van der Waals surface area contributed by atoms with Crippen LogP contribution >= 0.6 is 0 Å². The Morgan fingerprint density at radius 1 is 1.14 bits per heavy atom. The van der Waals surface area contributed by atoms with Crippen molar-refractivity contribution in [2.24, 2.45) is 0 Å². The molecule has 21 heavy (non-hydrogen) atoms. The number of hydrogen-bond donors (Lipinski definition) is 1. The largest absolute Gasteiger partial charge is 0.496 e. The number of benzene rings is 1. The zero-order valence-electron chi connectivity index (χ0n) is 14.1. The first-order valence-electron chi connectivity index (χ1n) is 8.17. The van der Waals surface area contributed by atoms with Crippen molar-refractivity contribution in [2.45, 2.75) is 52.6 Å². The van der Waals surface area contributed by atoms with Crippen molar-refractivity contribution < 1.29 is 9.84 Å². The molecule has 0 aliphatic carbocycles. The van der Waals surface area contributed by atoms with E-state index in [-0.39, 0.29) is 0 Å². The minimum atomic E-state index is -0.492. The molecule has 0 aliphatic rings. The molecule has 3 heteroatoms. The first-order chi connectivity index (χ1) is 10.1. The van der Waals surface area contributed by atoms with Crippen LogP contribution in [0.25, 0.3) is 0 Å². The second kappa shape index (κ2) is 9.80. The van der Waals surface area contributed by atoms with E-state index in [2.05, 4.69) is 18.7 Å². The van der Waals surface area contributed by atoms with E-state index in [4.69, 9.17) is 4.74 Å². The fourth-order valence-corrected chi connectivity index (χ4v) is 2.51. The first-order valence-corrected chi connectivity index (χ1v) is 8.17. The van der Waals surface area contributed by atoms with Gasteiger partial charge in [0.2, 0.25) is 0 Å². The molecule has 0 radical (unpaired) electrons. The van der Waals surface area contributed by atoms with Gasteiger partial charge in [-0.05, 0) is 45.0 Å². The SMILES string of the molecule is CCCCN(CCCC)CC(O)c1cc(C)ccc1OC. The number of nitrogens with zero attached hydrogens (tertiary/aromatic N) is 1. The summed E-state index contributed by atoms with van der Waals surface area (Å²) < 4.78 is 5.39. The summed E-state index contributed by atoms with van der Waals surface area (Å²) in [6, 6.07) is 5.98. The van der Waals surface area contributed by atoms with Gasteiger partial charge in [-0.15, -0.1) is 0 Å². The van der Waals surface area contributed by atoms with Gasteiger partial charge >= 0.3 is 0 Å². The van der Waals surface area contributed by atoms with Crippen LogP contribution < -0.4 is 4.74 Å². The van der Waals surface area contributed by atoms with Crippen LogP contribution in [0.15, 0.2) is 18.2 Å². The van der Waals surface area contributed by atoms with Crippen molar-refractivity contribution in [3.63, 3.8) is 0 Å². The highest BCUT2D eigenvalue weighted by atomic mass is 16.5. The lowest BCUT2D eigenvalue weighted by molar-refractivity contribution is 0.109. The second-order valence-electron chi connectivity index (χ2n) is 5.77. The Balaban J connectivity index is 2.75. The normalized spacial score (nSPS) is 12.7. The Kier molecular flexibility index (Phi) is 8.40. The summed E-state index contributed by atoms with van der Waals surface area (Å²) in [6.07, 6.45) is 4.25. The molecule has 0 saturated carbocycles. The maximum atomic E-state index is 10.6. The molecule has 1 aromatic rings. The summed E-state index contributed by atoms with van der Waals surface area (Å²) in [5.41, 5.74) is 2.05. The summed E-state index contributed by atoms with van der Waals surface area (Å²) in [5, 5.41) is 10.6. The standard InChI is InChI=1S/C18H31NO2/c1-5-7-11-19(12-8-6-2)14-17(20)16-13-15(3)9-10-18(16)21-4/h9-10,13,17,20H,5-8,11-12,14H2,1-4H3. The van der Waals surface area contributed by atoms with E-state index in [1.165, 1.54) is 25.7 Å². The Morgan fingerprint density at radius 3 is 2.29 bits per heavy atom. The van der Waals surface area contributed by atoms with Gasteiger partial charge in [0.25, 0.3) is 0 Å². The molecule has 0 heterocycles. The smallest absolute Gasteiger partial charge is 0.124 e. The second-order valence-corrected chi connectivity index (χ2v) is 5.77.